The highest BCUT2D eigenvalue weighted by Gasteiger charge is 2.32. The Morgan fingerprint density at radius 3 is 2.78 bits per heavy atom. The Labute approximate surface area is 119 Å². The van der Waals surface area contributed by atoms with E-state index in [1.165, 1.54) is 0 Å². The number of rotatable bonds is 8. The Morgan fingerprint density at radius 1 is 1.33 bits per heavy atom. The van der Waals surface area contributed by atoms with E-state index in [9.17, 15) is 0 Å². The number of halogens is 1. The fourth-order valence-corrected chi connectivity index (χ4v) is 2.64. The Bertz CT molecular complexity index is 226. The fraction of sp³-hybridized carbons (Fsp3) is 1.00. The topological polar surface area (TPSA) is 30.9 Å². The van der Waals surface area contributed by atoms with Crippen LogP contribution < -0.4 is 0 Å². The quantitative estimate of drug-likeness (QED) is 0.504. The SMILES string of the molecule is COCCOCCCN1CC(CBr)OC(C)(C)C1. The van der Waals surface area contributed by atoms with Crippen molar-refractivity contribution in [1.29, 1.82) is 0 Å². The number of ether oxygens (including phenoxy) is 3. The molecule has 0 saturated carbocycles. The number of nitrogens with zero attached hydrogens (tertiary/aromatic N) is 1. The monoisotopic (exact) mass is 323 g/mol. The van der Waals surface area contributed by atoms with Crippen LogP contribution in [-0.2, 0) is 14.2 Å². The van der Waals surface area contributed by atoms with E-state index < -0.39 is 0 Å². The van der Waals surface area contributed by atoms with Crippen molar-refractivity contribution in [2.75, 3.05) is 51.9 Å². The van der Waals surface area contributed by atoms with Crippen LogP contribution in [0.1, 0.15) is 20.3 Å². The third-order valence-corrected chi connectivity index (χ3v) is 3.64. The van der Waals surface area contributed by atoms with Crippen molar-refractivity contribution in [2.45, 2.75) is 32.0 Å². The van der Waals surface area contributed by atoms with E-state index in [4.69, 9.17) is 14.2 Å². The zero-order valence-electron chi connectivity index (χ0n) is 11.8. The largest absolute Gasteiger partial charge is 0.382 e. The number of methoxy groups -OCH3 is 1. The number of hydrogen-bond acceptors (Lipinski definition) is 4. The fourth-order valence-electron chi connectivity index (χ4n) is 2.30. The standard InChI is InChI=1S/C13H26BrNO3/c1-13(2)11-15(10-12(9-14)18-13)5-4-6-17-8-7-16-3/h12H,4-11H2,1-3H3. The Kier molecular flexibility index (Phi) is 7.72. The molecule has 1 aliphatic heterocycles. The molecule has 1 atom stereocenters. The van der Waals surface area contributed by atoms with Crippen molar-refractivity contribution in [3.8, 4) is 0 Å². The molecule has 0 amide bonds. The summed E-state index contributed by atoms with van der Waals surface area (Å²) in [6, 6.07) is 0. The van der Waals surface area contributed by atoms with E-state index in [2.05, 4.69) is 34.7 Å². The van der Waals surface area contributed by atoms with Crippen LogP contribution in [0.5, 0.6) is 0 Å². The van der Waals surface area contributed by atoms with Crippen LogP contribution in [0, 0.1) is 0 Å². The van der Waals surface area contributed by atoms with Crippen LogP contribution in [0.25, 0.3) is 0 Å². The van der Waals surface area contributed by atoms with Crippen LogP contribution in [0.15, 0.2) is 0 Å². The minimum absolute atomic E-state index is 0.0480. The van der Waals surface area contributed by atoms with Gasteiger partial charge in [-0.25, -0.2) is 0 Å². The predicted octanol–water partition coefficient (Wildman–Crippen LogP) is 1.91. The summed E-state index contributed by atoms with van der Waals surface area (Å²) in [6.45, 7) is 9.56. The van der Waals surface area contributed by atoms with Crippen molar-refractivity contribution in [3.63, 3.8) is 0 Å². The zero-order chi connectivity index (χ0) is 13.4. The van der Waals surface area contributed by atoms with Gasteiger partial charge in [0.15, 0.2) is 0 Å². The first-order valence-corrected chi connectivity index (χ1v) is 7.72. The molecule has 1 aliphatic rings. The van der Waals surface area contributed by atoms with Gasteiger partial charge in [-0.05, 0) is 20.3 Å². The number of alkyl halides is 1. The molecule has 0 radical (unpaired) electrons. The Hall–Kier alpha value is 0.320. The first kappa shape index (κ1) is 16.4. The molecule has 1 heterocycles. The minimum Gasteiger partial charge on any atom is -0.382 e. The van der Waals surface area contributed by atoms with E-state index >= 15 is 0 Å². The molecular weight excluding hydrogens is 298 g/mol. The summed E-state index contributed by atoms with van der Waals surface area (Å²) in [5, 5.41) is 0.900. The van der Waals surface area contributed by atoms with Crippen LogP contribution >= 0.6 is 15.9 Å². The third kappa shape index (κ3) is 6.48. The first-order chi connectivity index (χ1) is 8.57. The molecule has 0 N–H and O–H groups in total. The van der Waals surface area contributed by atoms with E-state index in [0.29, 0.717) is 19.3 Å². The molecule has 5 heteroatoms. The molecule has 1 unspecified atom stereocenters. The summed E-state index contributed by atoms with van der Waals surface area (Å²) in [7, 11) is 1.69. The lowest BCUT2D eigenvalue weighted by Crippen LogP contribution is -2.53. The molecule has 0 aromatic rings. The van der Waals surface area contributed by atoms with E-state index in [1.54, 1.807) is 7.11 Å². The summed E-state index contributed by atoms with van der Waals surface area (Å²) < 4.78 is 16.4. The van der Waals surface area contributed by atoms with Gasteiger partial charge in [0.2, 0.25) is 0 Å². The molecule has 1 saturated heterocycles. The number of morpholine rings is 1. The highest BCUT2D eigenvalue weighted by Crippen LogP contribution is 2.21. The van der Waals surface area contributed by atoms with Gasteiger partial charge in [0, 0.05) is 38.7 Å². The second-order valence-electron chi connectivity index (χ2n) is 5.35. The van der Waals surface area contributed by atoms with Crippen molar-refractivity contribution in [3.05, 3.63) is 0 Å². The second-order valence-corrected chi connectivity index (χ2v) is 6.00. The van der Waals surface area contributed by atoms with Crippen LogP contribution in [-0.4, -0.2) is 68.5 Å². The van der Waals surface area contributed by atoms with Gasteiger partial charge in [0.1, 0.15) is 0 Å². The Balaban J connectivity index is 2.16. The van der Waals surface area contributed by atoms with Gasteiger partial charge in [-0.2, -0.15) is 0 Å². The number of hydrogen-bond donors (Lipinski definition) is 0. The van der Waals surface area contributed by atoms with Crippen LogP contribution in [0.3, 0.4) is 0 Å². The van der Waals surface area contributed by atoms with Crippen molar-refractivity contribution in [2.24, 2.45) is 0 Å². The maximum atomic E-state index is 5.98. The van der Waals surface area contributed by atoms with Crippen LogP contribution in [0.4, 0.5) is 0 Å². The normalized spacial score (nSPS) is 24.3. The van der Waals surface area contributed by atoms with E-state index in [0.717, 1.165) is 38.0 Å². The maximum Gasteiger partial charge on any atom is 0.0806 e. The average molecular weight is 324 g/mol. The Morgan fingerprint density at radius 2 is 2.11 bits per heavy atom. The van der Waals surface area contributed by atoms with Gasteiger partial charge in [0.05, 0.1) is 24.9 Å². The highest BCUT2D eigenvalue weighted by molar-refractivity contribution is 9.09. The van der Waals surface area contributed by atoms with E-state index in [1.807, 2.05) is 0 Å². The third-order valence-electron chi connectivity index (χ3n) is 2.92. The van der Waals surface area contributed by atoms with Gasteiger partial charge >= 0.3 is 0 Å². The zero-order valence-corrected chi connectivity index (χ0v) is 13.4. The molecule has 0 bridgehead atoms. The smallest absolute Gasteiger partial charge is 0.0806 e. The molecular formula is C13H26BrNO3. The van der Waals surface area contributed by atoms with Gasteiger partial charge in [-0.15, -0.1) is 0 Å². The van der Waals surface area contributed by atoms with Gasteiger partial charge in [-0.1, -0.05) is 15.9 Å². The summed E-state index contributed by atoms with van der Waals surface area (Å²) in [5.74, 6) is 0. The lowest BCUT2D eigenvalue weighted by molar-refractivity contribution is -0.127. The maximum absolute atomic E-state index is 5.98. The molecule has 0 aromatic carbocycles. The molecule has 1 rings (SSSR count). The molecule has 1 fully saturated rings. The lowest BCUT2D eigenvalue weighted by Gasteiger charge is -2.42. The van der Waals surface area contributed by atoms with Gasteiger partial charge in [-0.3, -0.25) is 4.90 Å². The molecule has 108 valence electrons. The summed E-state index contributed by atoms with van der Waals surface area (Å²) in [6.07, 6.45) is 1.36. The predicted molar refractivity (Wildman–Crippen MR) is 76.5 cm³/mol. The molecule has 0 spiro atoms. The summed E-state index contributed by atoms with van der Waals surface area (Å²) in [5.41, 5.74) is -0.0480. The molecule has 0 aliphatic carbocycles. The molecule has 4 nitrogen and oxygen atoms in total. The van der Waals surface area contributed by atoms with E-state index in [-0.39, 0.29) is 5.60 Å². The van der Waals surface area contributed by atoms with Crippen molar-refractivity contribution < 1.29 is 14.2 Å². The lowest BCUT2D eigenvalue weighted by atomic mass is 10.1. The summed E-state index contributed by atoms with van der Waals surface area (Å²) >= 11 is 3.51. The van der Waals surface area contributed by atoms with Crippen molar-refractivity contribution >= 4 is 15.9 Å². The van der Waals surface area contributed by atoms with Crippen LogP contribution in [0.2, 0.25) is 0 Å². The van der Waals surface area contributed by atoms with Gasteiger partial charge < -0.3 is 14.2 Å². The summed E-state index contributed by atoms with van der Waals surface area (Å²) in [4.78, 5) is 2.47. The minimum atomic E-state index is -0.0480. The second kappa shape index (κ2) is 8.48. The first-order valence-electron chi connectivity index (χ1n) is 6.60. The van der Waals surface area contributed by atoms with Gasteiger partial charge in [0.25, 0.3) is 0 Å². The highest BCUT2D eigenvalue weighted by atomic mass is 79.9. The average Bonchev–Trinajstić information content (AvgIpc) is 2.31. The molecule has 18 heavy (non-hydrogen) atoms. The molecule has 0 aromatic heterocycles. The van der Waals surface area contributed by atoms with Crippen molar-refractivity contribution in [1.82, 2.24) is 4.90 Å².